The van der Waals surface area contributed by atoms with Crippen LogP contribution in [0.3, 0.4) is 0 Å². The molecular weight excluding hydrogens is 773 g/mol. The molecule has 2 heteroatoms. The summed E-state index contributed by atoms with van der Waals surface area (Å²) in [5, 5.41) is 7.41. The molecule has 0 aliphatic heterocycles. The van der Waals surface area contributed by atoms with Gasteiger partial charge in [-0.2, -0.15) is 0 Å². The Kier molecular flexibility index (Phi) is 9.20. The van der Waals surface area contributed by atoms with E-state index in [4.69, 9.17) is 0 Å². The first kappa shape index (κ1) is 37.3. The number of fused-ring (bicyclic) bond motifs is 5. The third-order valence-electron chi connectivity index (χ3n) is 12.8. The van der Waals surface area contributed by atoms with Gasteiger partial charge in [-0.25, -0.2) is 0 Å². The highest BCUT2D eigenvalue weighted by atomic mass is 15.1. The molecule has 0 N–H and O–H groups in total. The van der Waals surface area contributed by atoms with E-state index in [1.807, 2.05) is 0 Å². The second-order valence-corrected chi connectivity index (χ2v) is 16.5. The highest BCUT2D eigenvalue weighted by molar-refractivity contribution is 6.10. The van der Waals surface area contributed by atoms with Crippen LogP contribution in [0.25, 0.3) is 93.5 Å². The molecule has 0 aliphatic carbocycles. The Balaban J connectivity index is 1.06. The second-order valence-electron chi connectivity index (χ2n) is 16.5. The van der Waals surface area contributed by atoms with E-state index in [0.29, 0.717) is 0 Å². The fourth-order valence-corrected chi connectivity index (χ4v) is 9.79. The Bertz CT molecular complexity index is 3610. The number of para-hydroxylation sites is 4. The molecule has 12 aromatic rings. The first-order chi connectivity index (χ1) is 31.8. The largest absolute Gasteiger partial charge is 0.309 e. The van der Waals surface area contributed by atoms with Crippen molar-refractivity contribution in [3.8, 4) is 50.2 Å². The Hall–Kier alpha value is -8.46. The van der Waals surface area contributed by atoms with Gasteiger partial charge in [-0.3, -0.25) is 0 Å². The maximum absolute atomic E-state index is 2.46. The van der Waals surface area contributed by atoms with Crippen molar-refractivity contribution in [1.82, 2.24) is 4.57 Å². The van der Waals surface area contributed by atoms with E-state index < -0.39 is 0 Å². The van der Waals surface area contributed by atoms with E-state index >= 15 is 0 Å². The summed E-state index contributed by atoms with van der Waals surface area (Å²) in [7, 11) is 0. The summed E-state index contributed by atoms with van der Waals surface area (Å²) in [6, 6.07) is 92.8. The number of nitrogens with zero attached hydrogens (tertiary/aromatic N) is 2. The molecule has 0 unspecified atom stereocenters. The lowest BCUT2D eigenvalue weighted by atomic mass is 9.93. The molecule has 0 bridgehead atoms. The maximum atomic E-state index is 2.46. The van der Waals surface area contributed by atoms with Gasteiger partial charge in [0.25, 0.3) is 0 Å². The van der Waals surface area contributed by atoms with E-state index in [1.54, 1.807) is 0 Å². The van der Waals surface area contributed by atoms with Gasteiger partial charge in [-0.1, -0.05) is 206 Å². The zero-order valence-electron chi connectivity index (χ0n) is 35.1. The monoisotopic (exact) mass is 814 g/mol. The molecule has 0 fully saturated rings. The summed E-state index contributed by atoms with van der Waals surface area (Å²) in [6.07, 6.45) is 0. The number of hydrogen-bond acceptors (Lipinski definition) is 1. The number of rotatable bonds is 8. The highest BCUT2D eigenvalue weighted by Gasteiger charge is 2.23. The normalized spacial score (nSPS) is 11.4. The summed E-state index contributed by atoms with van der Waals surface area (Å²) in [4.78, 5) is 2.46. The van der Waals surface area contributed by atoms with Crippen molar-refractivity contribution in [3.63, 3.8) is 0 Å². The van der Waals surface area contributed by atoms with Crippen LogP contribution in [0.1, 0.15) is 0 Å². The SMILES string of the molecule is c1ccc(-c2cc(-c3ccccc3-n3c4ccccc4c4ccccc43)ccc2N(c2ccc3ccccc3c2)c2ccccc2-c2ccc(-c3cccc4ccccc34)cc2)cc1. The average molecular weight is 815 g/mol. The van der Waals surface area contributed by atoms with Gasteiger partial charge in [0, 0.05) is 33.2 Å². The molecule has 11 aromatic carbocycles. The first-order valence-corrected chi connectivity index (χ1v) is 22.0. The van der Waals surface area contributed by atoms with Gasteiger partial charge < -0.3 is 9.47 Å². The van der Waals surface area contributed by atoms with Crippen molar-refractivity contribution < 1.29 is 0 Å². The lowest BCUT2D eigenvalue weighted by molar-refractivity contribution is 1.18. The van der Waals surface area contributed by atoms with Crippen LogP contribution >= 0.6 is 0 Å². The van der Waals surface area contributed by atoms with E-state index in [1.165, 1.54) is 60.0 Å². The molecule has 0 atom stereocenters. The summed E-state index contributed by atoms with van der Waals surface area (Å²) in [5.74, 6) is 0. The zero-order chi connectivity index (χ0) is 42.4. The smallest absolute Gasteiger partial charge is 0.0541 e. The van der Waals surface area contributed by atoms with Gasteiger partial charge in [0.15, 0.2) is 0 Å². The minimum atomic E-state index is 1.09. The standard InChI is InChI=1S/C62H42N2/c1-2-18-45(19-3-1)57-42-49(54-25-9-13-30-59(54)64-60-31-14-10-26-55(60)56-27-11-15-32-61(56)64)38-40-62(57)63(50-39-37-43-17-4-5-21-48(43)41-50)58-29-12-8-24-53(58)47-35-33-46(34-36-47)52-28-16-22-44-20-6-7-23-51(44)52/h1-42H. The molecule has 300 valence electrons. The highest BCUT2D eigenvalue weighted by Crippen LogP contribution is 2.47. The number of benzene rings is 11. The van der Waals surface area contributed by atoms with Crippen molar-refractivity contribution >= 4 is 60.4 Å². The van der Waals surface area contributed by atoms with E-state index in [-0.39, 0.29) is 0 Å². The van der Waals surface area contributed by atoms with Crippen LogP contribution in [0.2, 0.25) is 0 Å². The molecular formula is C62H42N2. The predicted octanol–water partition coefficient (Wildman–Crippen LogP) is 17.2. The molecule has 0 spiro atoms. The van der Waals surface area contributed by atoms with Crippen LogP contribution in [0.15, 0.2) is 255 Å². The molecule has 0 saturated carbocycles. The Morgan fingerprint density at radius 1 is 0.266 bits per heavy atom. The summed E-state index contributed by atoms with van der Waals surface area (Å²) < 4.78 is 2.43. The quantitative estimate of drug-likeness (QED) is 0.148. The molecule has 64 heavy (non-hydrogen) atoms. The minimum Gasteiger partial charge on any atom is -0.309 e. The molecule has 0 amide bonds. The van der Waals surface area contributed by atoms with Crippen LogP contribution in [0.5, 0.6) is 0 Å². The third kappa shape index (κ3) is 6.44. The summed E-state index contributed by atoms with van der Waals surface area (Å²) in [6.45, 7) is 0. The van der Waals surface area contributed by atoms with E-state index in [2.05, 4.69) is 264 Å². The first-order valence-electron chi connectivity index (χ1n) is 22.0. The van der Waals surface area contributed by atoms with Gasteiger partial charge >= 0.3 is 0 Å². The lowest BCUT2D eigenvalue weighted by Crippen LogP contribution is -2.12. The predicted molar refractivity (Wildman–Crippen MR) is 272 cm³/mol. The van der Waals surface area contributed by atoms with Crippen molar-refractivity contribution in [2.75, 3.05) is 4.90 Å². The zero-order valence-corrected chi connectivity index (χ0v) is 35.1. The second kappa shape index (κ2) is 15.8. The van der Waals surface area contributed by atoms with Crippen molar-refractivity contribution in [2.24, 2.45) is 0 Å². The number of hydrogen-bond donors (Lipinski definition) is 0. The topological polar surface area (TPSA) is 8.17 Å². The van der Waals surface area contributed by atoms with Gasteiger partial charge in [0.05, 0.1) is 28.1 Å². The van der Waals surface area contributed by atoms with Gasteiger partial charge in [-0.05, 0) is 97.9 Å². The Morgan fingerprint density at radius 3 is 1.55 bits per heavy atom. The Morgan fingerprint density at radius 2 is 0.781 bits per heavy atom. The molecule has 1 heterocycles. The summed E-state index contributed by atoms with van der Waals surface area (Å²) >= 11 is 0. The third-order valence-corrected chi connectivity index (χ3v) is 12.8. The molecule has 0 saturated heterocycles. The maximum Gasteiger partial charge on any atom is 0.0541 e. The molecule has 2 nitrogen and oxygen atoms in total. The van der Waals surface area contributed by atoms with Crippen LogP contribution in [-0.2, 0) is 0 Å². The minimum absolute atomic E-state index is 1.09. The van der Waals surface area contributed by atoms with E-state index in [0.717, 1.165) is 50.6 Å². The van der Waals surface area contributed by atoms with Crippen molar-refractivity contribution in [3.05, 3.63) is 255 Å². The fourth-order valence-electron chi connectivity index (χ4n) is 9.79. The molecule has 0 aliphatic rings. The van der Waals surface area contributed by atoms with Gasteiger partial charge in [0.2, 0.25) is 0 Å². The molecule has 0 radical (unpaired) electrons. The van der Waals surface area contributed by atoms with Crippen LogP contribution in [0, 0.1) is 0 Å². The number of aromatic nitrogens is 1. The molecule has 12 rings (SSSR count). The average Bonchev–Trinajstić information content (AvgIpc) is 3.71. The van der Waals surface area contributed by atoms with Crippen LogP contribution in [-0.4, -0.2) is 4.57 Å². The van der Waals surface area contributed by atoms with Crippen molar-refractivity contribution in [2.45, 2.75) is 0 Å². The summed E-state index contributed by atoms with van der Waals surface area (Å²) in [5.41, 5.74) is 16.2. The van der Waals surface area contributed by atoms with Crippen LogP contribution in [0.4, 0.5) is 17.1 Å². The van der Waals surface area contributed by atoms with Gasteiger partial charge in [0.1, 0.15) is 0 Å². The van der Waals surface area contributed by atoms with Gasteiger partial charge in [-0.15, -0.1) is 0 Å². The van der Waals surface area contributed by atoms with Crippen LogP contribution < -0.4 is 4.90 Å². The van der Waals surface area contributed by atoms with Crippen molar-refractivity contribution in [1.29, 1.82) is 0 Å². The Labute approximate surface area is 373 Å². The fraction of sp³-hybridized carbons (Fsp3) is 0. The lowest BCUT2D eigenvalue weighted by Gasteiger charge is -2.30. The van der Waals surface area contributed by atoms with E-state index in [9.17, 15) is 0 Å². The molecule has 1 aromatic heterocycles. The number of anilines is 3.